The van der Waals surface area contributed by atoms with E-state index in [1.54, 1.807) is 36.5 Å². The number of alkyl halides is 3. The van der Waals surface area contributed by atoms with Crippen molar-refractivity contribution in [2.45, 2.75) is 51.8 Å². The summed E-state index contributed by atoms with van der Waals surface area (Å²) >= 11 is 1.22. The van der Waals surface area contributed by atoms with Crippen LogP contribution in [0.25, 0.3) is 21.6 Å². The number of aliphatic hydroxyl groups is 1. The van der Waals surface area contributed by atoms with Crippen molar-refractivity contribution in [2.75, 3.05) is 5.32 Å². The Labute approximate surface area is 243 Å². The SMILES string of the molecule is Cc1ccc(F)c(-c2cc(Nc3nccc(C(F)(F)F)n3)cc(-c3cnc([C@@]4(O)CC[C@H](C(=O)O)C(C)(C)C4)s3)c2)c1. The zero-order chi connectivity index (χ0) is 30.4. The molecule has 42 heavy (non-hydrogen) atoms. The summed E-state index contributed by atoms with van der Waals surface area (Å²) in [6.45, 7) is 5.45. The van der Waals surface area contributed by atoms with Crippen molar-refractivity contribution in [3.8, 4) is 21.6 Å². The molecule has 4 aromatic rings. The highest BCUT2D eigenvalue weighted by molar-refractivity contribution is 7.15. The molecule has 0 radical (unpaired) electrons. The van der Waals surface area contributed by atoms with Crippen molar-refractivity contribution in [1.82, 2.24) is 15.0 Å². The summed E-state index contributed by atoms with van der Waals surface area (Å²) in [7, 11) is 0. The van der Waals surface area contributed by atoms with Crippen molar-refractivity contribution in [3.05, 3.63) is 76.9 Å². The number of carbonyl (C=O) groups is 1. The number of anilines is 2. The molecule has 5 rings (SSSR count). The third kappa shape index (κ3) is 6.00. The molecular weight excluding hydrogens is 572 g/mol. The lowest BCUT2D eigenvalue weighted by molar-refractivity contribution is -0.154. The molecule has 0 unspecified atom stereocenters. The predicted molar refractivity (Wildman–Crippen MR) is 151 cm³/mol. The number of hydrogen-bond acceptors (Lipinski definition) is 7. The Balaban J connectivity index is 1.55. The molecule has 3 N–H and O–H groups in total. The van der Waals surface area contributed by atoms with Crippen molar-refractivity contribution >= 4 is 28.9 Å². The topological polar surface area (TPSA) is 108 Å². The molecule has 1 aliphatic carbocycles. The predicted octanol–water partition coefficient (Wildman–Crippen LogP) is 7.58. The molecule has 1 fully saturated rings. The number of carboxylic acids is 1. The van der Waals surface area contributed by atoms with E-state index >= 15 is 0 Å². The molecule has 220 valence electrons. The molecule has 0 aliphatic heterocycles. The fraction of sp³-hybridized carbons (Fsp3) is 0.333. The number of nitrogens with one attached hydrogen (secondary N) is 1. The Morgan fingerprint density at radius 3 is 2.52 bits per heavy atom. The second-order valence-corrected chi connectivity index (χ2v) is 12.4. The van der Waals surface area contributed by atoms with Crippen LogP contribution in [0, 0.1) is 24.1 Å². The normalized spacial score (nSPS) is 20.3. The van der Waals surface area contributed by atoms with Crippen LogP contribution >= 0.6 is 11.3 Å². The summed E-state index contributed by atoms with van der Waals surface area (Å²) < 4.78 is 54.7. The first-order valence-electron chi connectivity index (χ1n) is 13.2. The molecule has 2 aromatic carbocycles. The van der Waals surface area contributed by atoms with E-state index in [9.17, 15) is 32.6 Å². The number of benzene rings is 2. The first kappa shape index (κ1) is 29.6. The van der Waals surface area contributed by atoms with Crippen LogP contribution in [0.4, 0.5) is 29.2 Å². The monoisotopic (exact) mass is 600 g/mol. The van der Waals surface area contributed by atoms with E-state index in [1.807, 2.05) is 20.8 Å². The largest absolute Gasteiger partial charge is 0.481 e. The van der Waals surface area contributed by atoms with Gasteiger partial charge >= 0.3 is 12.1 Å². The highest BCUT2D eigenvalue weighted by atomic mass is 32.1. The Kier molecular flexibility index (Phi) is 7.56. The minimum absolute atomic E-state index is 0.207. The minimum Gasteiger partial charge on any atom is -0.481 e. The Morgan fingerprint density at radius 2 is 1.83 bits per heavy atom. The molecule has 0 spiro atoms. The summed E-state index contributed by atoms with van der Waals surface area (Å²) in [5, 5.41) is 24.4. The van der Waals surface area contributed by atoms with Gasteiger partial charge in [-0.15, -0.1) is 11.3 Å². The average Bonchev–Trinajstić information content (AvgIpc) is 3.40. The summed E-state index contributed by atoms with van der Waals surface area (Å²) in [6.07, 6.45) is -1.35. The molecule has 7 nitrogen and oxygen atoms in total. The Hall–Kier alpha value is -3.90. The van der Waals surface area contributed by atoms with Gasteiger partial charge in [0.2, 0.25) is 5.95 Å². The zero-order valence-corrected chi connectivity index (χ0v) is 23.8. The summed E-state index contributed by atoms with van der Waals surface area (Å²) in [5.41, 5.74) is -0.646. The number of aromatic nitrogens is 3. The third-order valence-corrected chi connectivity index (χ3v) is 8.83. The first-order chi connectivity index (χ1) is 19.6. The maximum Gasteiger partial charge on any atom is 0.433 e. The summed E-state index contributed by atoms with van der Waals surface area (Å²) in [6, 6.07) is 10.4. The van der Waals surface area contributed by atoms with Gasteiger partial charge in [0.1, 0.15) is 22.1 Å². The number of aliphatic carboxylic acids is 1. The summed E-state index contributed by atoms with van der Waals surface area (Å²) in [5.74, 6) is -2.25. The van der Waals surface area contributed by atoms with E-state index < -0.39 is 40.6 Å². The standard InChI is InChI=1S/C30H28F4N4O3S/c1-16-4-5-22(31)20(10-16)17-11-18(13-19(12-17)37-27-35-9-7-24(38-27)30(32,33)34)23-14-36-26(42-23)29(41)8-6-21(25(39)40)28(2,3)15-29/h4-5,7,9-14,21,41H,6,8,15H2,1-3H3,(H,39,40)(H,35,37,38)/t21-,29-/m1/s1. The molecule has 0 saturated heterocycles. The van der Waals surface area contributed by atoms with Crippen LogP contribution in [0.15, 0.2) is 54.9 Å². The minimum atomic E-state index is -4.66. The smallest absolute Gasteiger partial charge is 0.433 e. The highest BCUT2D eigenvalue weighted by Gasteiger charge is 2.49. The maximum absolute atomic E-state index is 14.9. The van der Waals surface area contributed by atoms with Crippen LogP contribution in [-0.4, -0.2) is 31.1 Å². The van der Waals surface area contributed by atoms with Gasteiger partial charge in [0.15, 0.2) is 0 Å². The molecular formula is C30H28F4N4O3S. The number of hydrogen-bond donors (Lipinski definition) is 3. The Morgan fingerprint density at radius 1 is 1.10 bits per heavy atom. The number of rotatable bonds is 6. The second kappa shape index (κ2) is 10.7. The van der Waals surface area contributed by atoms with E-state index in [0.717, 1.165) is 17.8 Å². The van der Waals surface area contributed by atoms with E-state index in [2.05, 4.69) is 20.3 Å². The Bertz CT molecular complexity index is 1660. The number of carboxylic acid groups (broad SMARTS) is 1. The lowest BCUT2D eigenvalue weighted by Gasteiger charge is -2.44. The van der Waals surface area contributed by atoms with Crippen molar-refractivity contribution in [3.63, 3.8) is 0 Å². The van der Waals surface area contributed by atoms with E-state index in [0.29, 0.717) is 38.7 Å². The molecule has 0 bridgehead atoms. The van der Waals surface area contributed by atoms with Gasteiger partial charge < -0.3 is 15.5 Å². The lowest BCUT2D eigenvalue weighted by Crippen LogP contribution is -2.44. The molecule has 0 amide bonds. The van der Waals surface area contributed by atoms with E-state index in [1.165, 1.54) is 17.4 Å². The molecule has 2 atom stereocenters. The average molecular weight is 601 g/mol. The number of nitrogens with zero attached hydrogens (tertiary/aromatic N) is 3. The fourth-order valence-corrected chi connectivity index (χ4v) is 6.58. The molecule has 12 heteroatoms. The first-order valence-corrected chi connectivity index (χ1v) is 14.0. The van der Waals surface area contributed by atoms with Gasteiger partial charge in [0, 0.05) is 23.6 Å². The van der Waals surface area contributed by atoms with Gasteiger partial charge in [-0.05, 0) is 79.1 Å². The third-order valence-electron chi connectivity index (χ3n) is 7.59. The molecule has 1 saturated carbocycles. The zero-order valence-electron chi connectivity index (χ0n) is 23.0. The van der Waals surface area contributed by atoms with Crippen LogP contribution in [-0.2, 0) is 16.6 Å². The molecule has 1 aliphatic rings. The number of halogens is 4. The van der Waals surface area contributed by atoms with Gasteiger partial charge in [-0.3, -0.25) is 4.79 Å². The van der Waals surface area contributed by atoms with Gasteiger partial charge in [-0.25, -0.2) is 19.3 Å². The molecule has 2 aromatic heterocycles. The fourth-order valence-electron chi connectivity index (χ4n) is 5.57. The van der Waals surface area contributed by atoms with E-state index in [4.69, 9.17) is 0 Å². The second-order valence-electron chi connectivity index (χ2n) is 11.3. The quantitative estimate of drug-likeness (QED) is 0.196. The highest BCUT2D eigenvalue weighted by Crippen LogP contribution is 2.51. The van der Waals surface area contributed by atoms with Crippen LogP contribution < -0.4 is 5.32 Å². The van der Waals surface area contributed by atoms with Crippen LogP contribution in [0.5, 0.6) is 0 Å². The van der Waals surface area contributed by atoms with Crippen molar-refractivity contribution in [2.24, 2.45) is 11.3 Å². The van der Waals surface area contributed by atoms with Crippen LogP contribution in [0.2, 0.25) is 0 Å². The number of aryl methyl sites for hydroxylation is 1. The van der Waals surface area contributed by atoms with Crippen LogP contribution in [0.3, 0.4) is 0 Å². The summed E-state index contributed by atoms with van der Waals surface area (Å²) in [4.78, 5) is 24.3. The van der Waals surface area contributed by atoms with Crippen molar-refractivity contribution < 1.29 is 32.6 Å². The number of thiazole rings is 1. The molecule has 2 heterocycles. The maximum atomic E-state index is 14.9. The van der Waals surface area contributed by atoms with Gasteiger partial charge in [-0.2, -0.15) is 13.2 Å². The van der Waals surface area contributed by atoms with Gasteiger partial charge in [0.25, 0.3) is 0 Å². The van der Waals surface area contributed by atoms with Gasteiger partial charge in [-0.1, -0.05) is 25.5 Å². The van der Waals surface area contributed by atoms with Crippen LogP contribution in [0.1, 0.15) is 49.4 Å². The van der Waals surface area contributed by atoms with E-state index in [-0.39, 0.29) is 18.8 Å². The van der Waals surface area contributed by atoms with Crippen molar-refractivity contribution in [1.29, 1.82) is 0 Å². The van der Waals surface area contributed by atoms with Gasteiger partial charge in [0.05, 0.1) is 10.8 Å². The lowest BCUT2D eigenvalue weighted by atomic mass is 9.63.